The maximum absolute atomic E-state index is 12.9. The van der Waals surface area contributed by atoms with E-state index in [0.29, 0.717) is 5.56 Å². The van der Waals surface area contributed by atoms with E-state index in [1.54, 1.807) is 12.3 Å². The number of hydrogen-bond donors (Lipinski definition) is 9. The summed E-state index contributed by atoms with van der Waals surface area (Å²) in [7, 11) is 0. The van der Waals surface area contributed by atoms with Gasteiger partial charge in [-0.3, -0.25) is 28.8 Å². The first-order chi connectivity index (χ1) is 18.8. The lowest BCUT2D eigenvalue weighted by Crippen LogP contribution is -2.58. The molecule has 1 aromatic carbocycles. The van der Waals surface area contributed by atoms with Crippen LogP contribution in [-0.2, 0) is 40.0 Å². The lowest BCUT2D eigenvalue weighted by Gasteiger charge is -2.24. The fourth-order valence-corrected chi connectivity index (χ4v) is 3.77. The summed E-state index contributed by atoms with van der Waals surface area (Å²) in [4.78, 5) is 86.4. The number of aromatic amines is 1. The second kappa shape index (κ2) is 14.2. The number of carboxylic acids is 3. The summed E-state index contributed by atoms with van der Waals surface area (Å²) in [6.07, 6.45) is -1.13. The number of fused-ring (bicyclic) bond motifs is 1. The minimum absolute atomic E-state index is 0.0533. The average Bonchev–Trinajstić information content (AvgIpc) is 3.27. The quantitative estimate of drug-likeness (QED) is 0.106. The molecule has 0 saturated carbocycles. The summed E-state index contributed by atoms with van der Waals surface area (Å²) >= 11 is 0. The van der Waals surface area contributed by atoms with E-state index in [4.69, 9.17) is 16.6 Å². The lowest BCUT2D eigenvalue weighted by molar-refractivity contribution is -0.144. The third-order valence-electron chi connectivity index (χ3n) is 5.76. The third-order valence-corrected chi connectivity index (χ3v) is 5.76. The molecule has 16 heteroatoms. The van der Waals surface area contributed by atoms with Gasteiger partial charge in [-0.05, 0) is 24.5 Å². The molecule has 0 spiro atoms. The summed E-state index contributed by atoms with van der Waals surface area (Å²) in [5.74, 6) is -8.72. The molecule has 0 aliphatic heterocycles. The second-order valence-corrected chi connectivity index (χ2v) is 8.89. The number of nitrogens with one attached hydrogen (secondary N) is 4. The van der Waals surface area contributed by atoms with Gasteiger partial charge in [0.25, 0.3) is 0 Å². The summed E-state index contributed by atoms with van der Waals surface area (Å²) in [6.45, 7) is 0. The zero-order valence-electron chi connectivity index (χ0n) is 21.1. The molecule has 2 aromatic rings. The highest BCUT2D eigenvalue weighted by Crippen LogP contribution is 2.18. The Morgan fingerprint density at radius 2 is 1.38 bits per heavy atom. The molecule has 11 N–H and O–H groups in total. The summed E-state index contributed by atoms with van der Waals surface area (Å²) < 4.78 is 0. The number of benzene rings is 1. The Labute approximate surface area is 226 Å². The van der Waals surface area contributed by atoms with E-state index >= 15 is 0 Å². The van der Waals surface area contributed by atoms with E-state index in [1.807, 2.05) is 23.5 Å². The van der Waals surface area contributed by atoms with E-state index in [2.05, 4.69) is 15.6 Å². The van der Waals surface area contributed by atoms with Crippen LogP contribution in [0.4, 0.5) is 0 Å². The van der Waals surface area contributed by atoms with Crippen molar-refractivity contribution in [3.8, 4) is 0 Å². The molecule has 1 aromatic heterocycles. The summed E-state index contributed by atoms with van der Waals surface area (Å²) in [6, 6.07) is 0.900. The van der Waals surface area contributed by atoms with Gasteiger partial charge < -0.3 is 47.7 Å². The van der Waals surface area contributed by atoms with Gasteiger partial charge >= 0.3 is 17.9 Å². The number of rotatable bonds is 16. The van der Waals surface area contributed by atoms with E-state index in [-0.39, 0.29) is 6.42 Å². The van der Waals surface area contributed by atoms with E-state index < -0.39 is 91.4 Å². The molecule has 16 nitrogen and oxygen atoms in total. The SMILES string of the molecule is NC(=O)CC(NC(=O)C(N)Cc1c[nH]c2ccccc12)C(=O)NC(CC(=O)O)C(=O)NC(CCC(=O)O)C(=O)O. The number of aromatic nitrogens is 1. The number of carboxylic acid groups (broad SMARTS) is 3. The van der Waals surface area contributed by atoms with Gasteiger partial charge in [0, 0.05) is 23.5 Å². The van der Waals surface area contributed by atoms with Crippen LogP contribution >= 0.6 is 0 Å². The van der Waals surface area contributed by atoms with Crippen LogP contribution in [0.15, 0.2) is 30.5 Å². The topological polar surface area (TPSA) is 284 Å². The first kappa shape index (κ1) is 31.2. The van der Waals surface area contributed by atoms with Gasteiger partial charge in [-0.25, -0.2) is 4.79 Å². The number of amides is 4. The smallest absolute Gasteiger partial charge is 0.326 e. The number of nitrogens with two attached hydrogens (primary N) is 2. The second-order valence-electron chi connectivity index (χ2n) is 8.89. The van der Waals surface area contributed by atoms with Gasteiger partial charge in [0.15, 0.2) is 0 Å². The van der Waals surface area contributed by atoms with Crippen molar-refractivity contribution in [2.75, 3.05) is 0 Å². The fourth-order valence-electron chi connectivity index (χ4n) is 3.77. The van der Waals surface area contributed by atoms with Crippen molar-refractivity contribution in [2.45, 2.75) is 56.3 Å². The zero-order valence-corrected chi connectivity index (χ0v) is 21.1. The minimum atomic E-state index is -1.84. The summed E-state index contributed by atoms with van der Waals surface area (Å²) in [5, 5.41) is 34.3. The highest BCUT2D eigenvalue weighted by atomic mass is 16.4. The molecular formula is C24H30N6O10. The number of H-pyrrole nitrogens is 1. The van der Waals surface area contributed by atoms with Crippen molar-refractivity contribution >= 4 is 52.4 Å². The van der Waals surface area contributed by atoms with Crippen molar-refractivity contribution < 1.29 is 48.9 Å². The highest BCUT2D eigenvalue weighted by Gasteiger charge is 2.32. The lowest BCUT2D eigenvalue weighted by atomic mass is 10.0. The molecule has 0 bridgehead atoms. The Morgan fingerprint density at radius 1 is 0.800 bits per heavy atom. The minimum Gasteiger partial charge on any atom is -0.481 e. The monoisotopic (exact) mass is 562 g/mol. The number of carbonyl (C=O) groups is 7. The predicted molar refractivity (Wildman–Crippen MR) is 136 cm³/mol. The highest BCUT2D eigenvalue weighted by molar-refractivity contribution is 5.97. The van der Waals surface area contributed by atoms with Gasteiger partial charge in [0.2, 0.25) is 23.6 Å². The Balaban J connectivity index is 2.14. The molecule has 0 aliphatic rings. The standard InChI is InChI=1S/C24H30N6O10/c25-13(7-11-10-27-14-4-2-1-3-12(11)14)21(36)29-16(8-18(26)31)22(37)30-17(9-20(34)35)23(38)28-15(24(39)40)5-6-19(32)33/h1-4,10,13,15-17,27H,5-9,25H2,(H2,26,31)(H,28,38)(H,29,36)(H,30,37)(H,32,33)(H,34,35)(H,39,40). The maximum Gasteiger partial charge on any atom is 0.326 e. The Morgan fingerprint density at radius 3 is 1.95 bits per heavy atom. The van der Waals surface area contributed by atoms with E-state index in [9.17, 15) is 43.8 Å². The van der Waals surface area contributed by atoms with Crippen molar-refractivity contribution in [1.82, 2.24) is 20.9 Å². The molecule has 2 rings (SSSR count). The fraction of sp³-hybridized carbons (Fsp3) is 0.375. The predicted octanol–water partition coefficient (Wildman–Crippen LogP) is -2.21. The number of aliphatic carboxylic acids is 3. The van der Waals surface area contributed by atoms with Gasteiger partial charge in [-0.2, -0.15) is 0 Å². The molecule has 40 heavy (non-hydrogen) atoms. The molecule has 1 heterocycles. The molecule has 4 unspecified atom stereocenters. The number of para-hydroxylation sites is 1. The number of carbonyl (C=O) groups excluding carboxylic acids is 4. The van der Waals surface area contributed by atoms with Crippen molar-refractivity contribution in [3.05, 3.63) is 36.0 Å². The molecule has 216 valence electrons. The van der Waals surface area contributed by atoms with Crippen molar-refractivity contribution in [1.29, 1.82) is 0 Å². The van der Waals surface area contributed by atoms with Gasteiger partial charge in [-0.15, -0.1) is 0 Å². The van der Waals surface area contributed by atoms with Crippen LogP contribution in [0, 0.1) is 0 Å². The van der Waals surface area contributed by atoms with Crippen LogP contribution in [0.2, 0.25) is 0 Å². The Hall–Kier alpha value is -4.99. The van der Waals surface area contributed by atoms with Crippen LogP contribution < -0.4 is 27.4 Å². The van der Waals surface area contributed by atoms with Gasteiger partial charge in [-0.1, -0.05) is 18.2 Å². The van der Waals surface area contributed by atoms with Crippen molar-refractivity contribution in [2.24, 2.45) is 11.5 Å². The first-order valence-electron chi connectivity index (χ1n) is 11.9. The van der Waals surface area contributed by atoms with Crippen LogP contribution in [0.25, 0.3) is 10.9 Å². The third kappa shape index (κ3) is 9.39. The molecule has 4 atom stereocenters. The zero-order chi connectivity index (χ0) is 30.0. The van der Waals surface area contributed by atoms with Crippen LogP contribution in [0.5, 0.6) is 0 Å². The van der Waals surface area contributed by atoms with Crippen molar-refractivity contribution in [3.63, 3.8) is 0 Å². The molecule has 0 fully saturated rings. The largest absolute Gasteiger partial charge is 0.481 e. The van der Waals surface area contributed by atoms with Crippen LogP contribution in [0.3, 0.4) is 0 Å². The van der Waals surface area contributed by atoms with Gasteiger partial charge in [0.1, 0.15) is 18.1 Å². The maximum atomic E-state index is 12.9. The molecule has 4 amide bonds. The first-order valence-corrected chi connectivity index (χ1v) is 11.9. The Kier molecular flexibility index (Phi) is 11.1. The number of hydrogen-bond acceptors (Lipinski definition) is 8. The normalized spacial score (nSPS) is 13.8. The van der Waals surface area contributed by atoms with Crippen LogP contribution in [0.1, 0.15) is 31.2 Å². The van der Waals surface area contributed by atoms with Crippen LogP contribution in [-0.4, -0.2) is 86.0 Å². The molecular weight excluding hydrogens is 532 g/mol. The summed E-state index contributed by atoms with van der Waals surface area (Å²) in [5.41, 5.74) is 12.7. The average molecular weight is 563 g/mol. The molecule has 0 aliphatic carbocycles. The molecule has 0 radical (unpaired) electrons. The number of primary amides is 1. The van der Waals surface area contributed by atoms with E-state index in [0.717, 1.165) is 10.9 Å². The van der Waals surface area contributed by atoms with Gasteiger partial charge in [0.05, 0.1) is 18.9 Å². The van der Waals surface area contributed by atoms with E-state index in [1.165, 1.54) is 0 Å². The molecule has 0 saturated heterocycles. The Bertz CT molecular complexity index is 1290.